The van der Waals surface area contributed by atoms with Crippen LogP contribution in [0, 0.1) is 6.92 Å². The Morgan fingerprint density at radius 2 is 1.32 bits per heavy atom. The predicted molar refractivity (Wildman–Crippen MR) is 174 cm³/mol. The monoisotopic (exact) mass is 514 g/mol. The Morgan fingerprint density at radius 3 is 2.17 bits per heavy atom. The lowest BCUT2D eigenvalue weighted by Gasteiger charge is -2.25. The van der Waals surface area contributed by atoms with Crippen molar-refractivity contribution in [3.05, 3.63) is 138 Å². The van der Waals surface area contributed by atoms with Crippen molar-refractivity contribution in [2.75, 3.05) is 0 Å². The molecule has 0 radical (unpaired) electrons. The van der Waals surface area contributed by atoms with Crippen molar-refractivity contribution < 1.29 is 0 Å². The first-order valence-corrected chi connectivity index (χ1v) is 14.7. The summed E-state index contributed by atoms with van der Waals surface area (Å²) in [4.78, 5) is 0. The molecule has 0 fully saturated rings. The molecule has 0 saturated heterocycles. The Labute approximate surface area is 237 Å². The molecule has 0 amide bonds. The molecule has 7 rings (SSSR count). The Balaban J connectivity index is 1.54. The maximum Gasteiger partial charge on any atom is -0.00235 e. The maximum absolute atomic E-state index is 2.46. The number of hydrogen-bond acceptors (Lipinski definition) is 0. The summed E-state index contributed by atoms with van der Waals surface area (Å²) in [5.41, 5.74) is 13.7. The summed E-state index contributed by atoms with van der Waals surface area (Å²) in [6, 6.07) is 40.7. The minimum atomic E-state index is 1.05. The largest absolute Gasteiger partial charge is 0.0836 e. The first-order valence-electron chi connectivity index (χ1n) is 14.7. The summed E-state index contributed by atoms with van der Waals surface area (Å²) < 4.78 is 0. The molecule has 194 valence electrons. The van der Waals surface area contributed by atoms with Crippen LogP contribution in [0.4, 0.5) is 0 Å². The van der Waals surface area contributed by atoms with Gasteiger partial charge in [0.15, 0.2) is 0 Å². The highest BCUT2D eigenvalue weighted by atomic mass is 14.3. The van der Waals surface area contributed by atoms with Crippen molar-refractivity contribution >= 4 is 27.6 Å². The lowest BCUT2D eigenvalue weighted by molar-refractivity contribution is 0.923. The Hall–Kier alpha value is -4.42. The number of fused-ring (bicyclic) bond motifs is 3. The van der Waals surface area contributed by atoms with Crippen LogP contribution in [-0.2, 0) is 12.8 Å². The van der Waals surface area contributed by atoms with Gasteiger partial charge in [-0.25, -0.2) is 0 Å². The molecule has 6 aromatic rings. The van der Waals surface area contributed by atoms with Gasteiger partial charge in [-0.15, -0.1) is 0 Å². The molecule has 0 spiro atoms. The van der Waals surface area contributed by atoms with Crippen LogP contribution in [-0.4, -0.2) is 0 Å². The SMILES string of the molecule is CCCc1ccccc1-c1cc(-c2c3c(c(-c4cccc5ccccc45)c4ccccc24)C=CCC3)ccc1C. The zero-order chi connectivity index (χ0) is 27.1. The van der Waals surface area contributed by atoms with E-state index in [2.05, 4.69) is 135 Å². The molecule has 0 saturated carbocycles. The third-order valence-corrected chi connectivity index (χ3v) is 8.62. The van der Waals surface area contributed by atoms with Crippen LogP contribution in [0.3, 0.4) is 0 Å². The van der Waals surface area contributed by atoms with Crippen LogP contribution >= 0.6 is 0 Å². The second-order valence-electron chi connectivity index (χ2n) is 11.1. The Kier molecular flexibility index (Phi) is 6.33. The van der Waals surface area contributed by atoms with Gasteiger partial charge in [0.2, 0.25) is 0 Å². The molecule has 0 atom stereocenters. The topological polar surface area (TPSA) is 0 Å². The zero-order valence-electron chi connectivity index (χ0n) is 23.4. The molecule has 0 nitrogen and oxygen atoms in total. The van der Waals surface area contributed by atoms with Crippen molar-refractivity contribution in [3.8, 4) is 33.4 Å². The van der Waals surface area contributed by atoms with E-state index >= 15 is 0 Å². The van der Waals surface area contributed by atoms with Crippen LogP contribution in [0.25, 0.3) is 61.0 Å². The fourth-order valence-electron chi connectivity index (χ4n) is 6.79. The van der Waals surface area contributed by atoms with Gasteiger partial charge in [-0.3, -0.25) is 0 Å². The molecule has 0 aromatic heterocycles. The number of allylic oxidation sites excluding steroid dienone is 1. The summed E-state index contributed by atoms with van der Waals surface area (Å²) in [6.45, 7) is 4.52. The summed E-state index contributed by atoms with van der Waals surface area (Å²) >= 11 is 0. The van der Waals surface area contributed by atoms with Gasteiger partial charge in [-0.2, -0.15) is 0 Å². The summed E-state index contributed by atoms with van der Waals surface area (Å²) in [5.74, 6) is 0. The molecular weight excluding hydrogens is 480 g/mol. The maximum atomic E-state index is 2.46. The first-order chi connectivity index (χ1) is 19.7. The van der Waals surface area contributed by atoms with Crippen LogP contribution in [0.5, 0.6) is 0 Å². The molecule has 0 N–H and O–H groups in total. The van der Waals surface area contributed by atoms with Gasteiger partial charge in [-0.05, 0) is 109 Å². The molecular formula is C40H34. The van der Waals surface area contributed by atoms with Crippen LogP contribution in [0.1, 0.15) is 42.0 Å². The van der Waals surface area contributed by atoms with E-state index in [1.165, 1.54) is 77.2 Å². The lowest BCUT2D eigenvalue weighted by atomic mass is 9.79. The molecule has 1 aliphatic carbocycles. The molecule has 0 bridgehead atoms. The zero-order valence-corrected chi connectivity index (χ0v) is 23.4. The first kappa shape index (κ1) is 24.6. The van der Waals surface area contributed by atoms with Gasteiger partial charge in [-0.1, -0.05) is 129 Å². The van der Waals surface area contributed by atoms with E-state index in [9.17, 15) is 0 Å². The number of aryl methyl sites for hydroxylation is 2. The molecule has 0 heteroatoms. The Morgan fingerprint density at radius 1 is 0.625 bits per heavy atom. The van der Waals surface area contributed by atoms with Crippen molar-refractivity contribution in [3.63, 3.8) is 0 Å². The van der Waals surface area contributed by atoms with Gasteiger partial charge >= 0.3 is 0 Å². The average Bonchev–Trinajstić information content (AvgIpc) is 3.01. The van der Waals surface area contributed by atoms with Crippen LogP contribution in [0.15, 0.2) is 115 Å². The smallest absolute Gasteiger partial charge is 0.00235 e. The van der Waals surface area contributed by atoms with Crippen molar-refractivity contribution in [2.45, 2.75) is 39.5 Å². The molecule has 0 unspecified atom stereocenters. The van der Waals surface area contributed by atoms with Crippen LogP contribution in [0.2, 0.25) is 0 Å². The van der Waals surface area contributed by atoms with Gasteiger partial charge in [0.05, 0.1) is 0 Å². The highest BCUT2D eigenvalue weighted by molar-refractivity contribution is 6.14. The van der Waals surface area contributed by atoms with E-state index in [-0.39, 0.29) is 0 Å². The second-order valence-corrected chi connectivity index (χ2v) is 11.1. The molecule has 6 aromatic carbocycles. The molecule has 40 heavy (non-hydrogen) atoms. The fourth-order valence-corrected chi connectivity index (χ4v) is 6.79. The second kappa shape index (κ2) is 10.3. The number of hydrogen-bond donors (Lipinski definition) is 0. The summed E-state index contributed by atoms with van der Waals surface area (Å²) in [5, 5.41) is 5.27. The molecule has 0 heterocycles. The average molecular weight is 515 g/mol. The molecule has 0 aliphatic heterocycles. The van der Waals surface area contributed by atoms with Gasteiger partial charge < -0.3 is 0 Å². The quantitative estimate of drug-likeness (QED) is 0.215. The minimum Gasteiger partial charge on any atom is -0.0836 e. The minimum absolute atomic E-state index is 1.05. The van der Waals surface area contributed by atoms with Gasteiger partial charge in [0.1, 0.15) is 0 Å². The van der Waals surface area contributed by atoms with E-state index in [0.717, 1.165) is 25.7 Å². The van der Waals surface area contributed by atoms with E-state index < -0.39 is 0 Å². The van der Waals surface area contributed by atoms with E-state index in [4.69, 9.17) is 0 Å². The highest BCUT2D eigenvalue weighted by Crippen LogP contribution is 2.46. The summed E-state index contributed by atoms with van der Waals surface area (Å²) in [7, 11) is 0. The normalized spacial score (nSPS) is 12.7. The number of rotatable bonds is 5. The summed E-state index contributed by atoms with van der Waals surface area (Å²) in [6.07, 6.45) is 9.12. The third kappa shape index (κ3) is 4.07. The van der Waals surface area contributed by atoms with Crippen molar-refractivity contribution in [1.29, 1.82) is 0 Å². The van der Waals surface area contributed by atoms with Crippen molar-refractivity contribution in [1.82, 2.24) is 0 Å². The van der Waals surface area contributed by atoms with E-state index in [1.54, 1.807) is 0 Å². The molecule has 1 aliphatic rings. The van der Waals surface area contributed by atoms with Gasteiger partial charge in [0.25, 0.3) is 0 Å². The van der Waals surface area contributed by atoms with E-state index in [1.807, 2.05) is 0 Å². The lowest BCUT2D eigenvalue weighted by Crippen LogP contribution is -2.03. The highest BCUT2D eigenvalue weighted by Gasteiger charge is 2.23. The van der Waals surface area contributed by atoms with Crippen LogP contribution < -0.4 is 0 Å². The standard InChI is InChI=1S/C40H34/c1-3-13-28-14-4-7-18-32(28)38-26-30(25-24-27(38)2)39-34-19-8-10-21-36(34)40(37-22-11-9-20-35(37)39)33-23-12-16-29-15-5-6-17-31(29)33/h4-8,10-12,14-19,21-26H,3,9,13,20H2,1-2H3. The third-order valence-electron chi connectivity index (χ3n) is 8.62. The van der Waals surface area contributed by atoms with Gasteiger partial charge in [0, 0.05) is 0 Å². The number of benzene rings is 6. The van der Waals surface area contributed by atoms with Crippen molar-refractivity contribution in [2.24, 2.45) is 0 Å². The van der Waals surface area contributed by atoms with E-state index in [0.29, 0.717) is 0 Å². The fraction of sp³-hybridized carbons (Fsp3) is 0.150. The predicted octanol–water partition coefficient (Wildman–Crippen LogP) is 11.2. The Bertz CT molecular complexity index is 1910.